The first-order chi connectivity index (χ1) is 9.79. The maximum atomic E-state index is 12.9. The molecule has 21 heavy (non-hydrogen) atoms. The van der Waals surface area contributed by atoms with E-state index in [1.807, 2.05) is 30.1 Å². The topological polar surface area (TPSA) is 32.3 Å². The Kier molecular flexibility index (Phi) is 6.41. The fourth-order valence-electron chi connectivity index (χ4n) is 3.24. The largest absolute Gasteiger partial charge is 0.341 e. The summed E-state index contributed by atoms with van der Waals surface area (Å²) >= 11 is 3.63. The number of rotatable bonds is 3. The fourth-order valence-corrected chi connectivity index (χ4v) is 5.61. The highest BCUT2D eigenvalue weighted by Gasteiger charge is 2.33. The normalized spacial score (nSPS) is 25.1. The number of halogens is 1. The number of carbonyl (C=O) groups is 1. The summed E-state index contributed by atoms with van der Waals surface area (Å²) in [6, 6.07) is 2.16. The van der Waals surface area contributed by atoms with Crippen LogP contribution in [0.5, 0.6) is 0 Å². The first-order valence-electron chi connectivity index (χ1n) is 7.41. The lowest BCUT2D eigenvalue weighted by Gasteiger charge is -2.35. The van der Waals surface area contributed by atoms with Gasteiger partial charge in [0.2, 0.25) is 5.91 Å². The highest BCUT2D eigenvalue weighted by molar-refractivity contribution is 8.00. The first-order valence-corrected chi connectivity index (χ1v) is 9.33. The quantitative estimate of drug-likeness (QED) is 0.913. The summed E-state index contributed by atoms with van der Waals surface area (Å²) in [6.07, 6.45) is 3.52. The molecule has 0 aliphatic carbocycles. The number of carbonyl (C=O) groups excluding carboxylic acids is 1. The van der Waals surface area contributed by atoms with Gasteiger partial charge in [-0.1, -0.05) is 0 Å². The van der Waals surface area contributed by atoms with E-state index in [1.54, 1.807) is 0 Å². The third-order valence-corrected chi connectivity index (χ3v) is 6.45. The van der Waals surface area contributed by atoms with Crippen molar-refractivity contribution in [3.05, 3.63) is 21.9 Å². The number of nitrogens with zero attached hydrogens (tertiary/aromatic N) is 1. The van der Waals surface area contributed by atoms with E-state index in [0.29, 0.717) is 11.8 Å². The number of piperidine rings is 1. The number of nitrogens with one attached hydrogen (secondary N) is 1. The summed E-state index contributed by atoms with van der Waals surface area (Å²) in [7, 11) is 2.00. The maximum Gasteiger partial charge on any atom is 0.240 e. The second-order valence-corrected chi connectivity index (χ2v) is 7.86. The molecule has 0 aromatic carbocycles. The van der Waals surface area contributed by atoms with Gasteiger partial charge < -0.3 is 10.2 Å². The summed E-state index contributed by atoms with van der Waals surface area (Å²) in [5, 5.41) is 5.44. The van der Waals surface area contributed by atoms with Gasteiger partial charge in [-0.2, -0.15) is 0 Å². The van der Waals surface area contributed by atoms with Gasteiger partial charge in [0.05, 0.1) is 0 Å². The molecule has 1 fully saturated rings. The summed E-state index contributed by atoms with van der Waals surface area (Å²) in [5.41, 5.74) is 1.28. The van der Waals surface area contributed by atoms with E-state index in [1.165, 1.54) is 16.9 Å². The van der Waals surface area contributed by atoms with Crippen LogP contribution >= 0.6 is 35.5 Å². The lowest BCUT2D eigenvalue weighted by molar-refractivity contribution is -0.132. The van der Waals surface area contributed by atoms with Gasteiger partial charge in [0.25, 0.3) is 0 Å². The van der Waals surface area contributed by atoms with Crippen molar-refractivity contribution < 1.29 is 4.79 Å². The Morgan fingerprint density at radius 3 is 3.19 bits per heavy atom. The van der Waals surface area contributed by atoms with Crippen molar-refractivity contribution in [1.82, 2.24) is 10.2 Å². The molecule has 2 unspecified atom stereocenters. The van der Waals surface area contributed by atoms with Crippen molar-refractivity contribution in [2.75, 3.05) is 32.4 Å². The van der Waals surface area contributed by atoms with Crippen molar-refractivity contribution in [2.24, 2.45) is 5.92 Å². The molecule has 3 rings (SSSR count). The number of hydrogen-bond donors (Lipinski definition) is 1. The minimum absolute atomic E-state index is 0. The van der Waals surface area contributed by atoms with E-state index in [0.717, 1.165) is 38.2 Å². The molecule has 2 atom stereocenters. The van der Waals surface area contributed by atoms with Gasteiger partial charge in [-0.05, 0) is 61.5 Å². The second kappa shape index (κ2) is 7.86. The number of thiophene rings is 1. The summed E-state index contributed by atoms with van der Waals surface area (Å²) in [4.78, 5) is 16.4. The standard InChI is InChI=1S/C15H22N2OS2.ClH/c1-16-9-11-3-2-6-17(10-11)15(18)14-12-4-7-19-13(12)5-8-20-14;/h4,7,11,14,16H,2-3,5-6,8-10H2,1H3;1H. The van der Waals surface area contributed by atoms with Crippen LogP contribution in [0.4, 0.5) is 0 Å². The van der Waals surface area contributed by atoms with Crippen LogP contribution in [0.15, 0.2) is 11.4 Å². The Bertz CT molecular complexity index is 478. The summed E-state index contributed by atoms with van der Waals surface area (Å²) < 4.78 is 0. The minimum atomic E-state index is 0. The Morgan fingerprint density at radius 1 is 1.52 bits per heavy atom. The molecule has 0 radical (unpaired) electrons. The van der Waals surface area contributed by atoms with Crippen LogP contribution in [0.25, 0.3) is 0 Å². The molecule has 1 saturated heterocycles. The zero-order valence-electron chi connectivity index (χ0n) is 12.3. The van der Waals surface area contributed by atoms with E-state index in [9.17, 15) is 4.79 Å². The van der Waals surface area contributed by atoms with Crippen LogP contribution in [0, 0.1) is 5.92 Å². The number of hydrogen-bond acceptors (Lipinski definition) is 4. The first kappa shape index (κ1) is 17.1. The van der Waals surface area contributed by atoms with Gasteiger partial charge in [-0.15, -0.1) is 35.5 Å². The Balaban J connectivity index is 0.00000161. The Labute approximate surface area is 141 Å². The van der Waals surface area contributed by atoms with Gasteiger partial charge in [-0.25, -0.2) is 0 Å². The van der Waals surface area contributed by atoms with Gasteiger partial charge >= 0.3 is 0 Å². The predicted molar refractivity (Wildman–Crippen MR) is 93.7 cm³/mol. The molecular formula is C15H23ClN2OS2. The molecule has 0 bridgehead atoms. The summed E-state index contributed by atoms with van der Waals surface area (Å²) in [6.45, 7) is 2.89. The third-order valence-electron chi connectivity index (χ3n) is 4.22. The monoisotopic (exact) mass is 346 g/mol. The molecule has 3 heterocycles. The highest BCUT2D eigenvalue weighted by atomic mass is 35.5. The molecule has 1 amide bonds. The molecule has 1 N–H and O–H groups in total. The van der Waals surface area contributed by atoms with E-state index in [-0.39, 0.29) is 17.7 Å². The lowest BCUT2D eigenvalue weighted by Crippen LogP contribution is -2.44. The Hall–Kier alpha value is -0.230. The van der Waals surface area contributed by atoms with Gasteiger partial charge in [0.15, 0.2) is 0 Å². The van der Waals surface area contributed by atoms with Crippen LogP contribution in [0.2, 0.25) is 0 Å². The SMILES string of the molecule is CNCC1CCCN(C(=O)C2SCCc3sccc32)C1.Cl. The average molecular weight is 347 g/mol. The molecule has 1 aromatic heterocycles. The van der Waals surface area contributed by atoms with Crippen molar-refractivity contribution in [1.29, 1.82) is 0 Å². The van der Waals surface area contributed by atoms with Crippen LogP contribution in [-0.4, -0.2) is 43.2 Å². The zero-order chi connectivity index (χ0) is 13.9. The third kappa shape index (κ3) is 3.76. The molecule has 6 heteroatoms. The Morgan fingerprint density at radius 2 is 2.38 bits per heavy atom. The van der Waals surface area contributed by atoms with Gasteiger partial charge in [-0.3, -0.25) is 4.79 Å². The van der Waals surface area contributed by atoms with Crippen molar-refractivity contribution in [3.8, 4) is 0 Å². The molecule has 1 aromatic rings. The number of thioether (sulfide) groups is 1. The smallest absolute Gasteiger partial charge is 0.240 e. The highest BCUT2D eigenvalue weighted by Crippen LogP contribution is 2.40. The van der Waals surface area contributed by atoms with Crippen LogP contribution in [-0.2, 0) is 11.2 Å². The molecule has 2 aliphatic heterocycles. The molecule has 2 aliphatic rings. The van der Waals surface area contributed by atoms with Gasteiger partial charge in [0, 0.05) is 18.0 Å². The van der Waals surface area contributed by atoms with E-state index >= 15 is 0 Å². The molecule has 3 nitrogen and oxygen atoms in total. The minimum Gasteiger partial charge on any atom is -0.341 e. The second-order valence-electron chi connectivity index (χ2n) is 5.65. The van der Waals surface area contributed by atoms with E-state index < -0.39 is 0 Å². The number of fused-ring (bicyclic) bond motifs is 1. The average Bonchev–Trinajstić information content (AvgIpc) is 2.95. The number of amides is 1. The van der Waals surface area contributed by atoms with Crippen molar-refractivity contribution in [3.63, 3.8) is 0 Å². The molecular weight excluding hydrogens is 324 g/mol. The summed E-state index contributed by atoms with van der Waals surface area (Å²) in [5.74, 6) is 2.04. The van der Waals surface area contributed by atoms with E-state index in [2.05, 4.69) is 21.7 Å². The van der Waals surface area contributed by atoms with Crippen LogP contribution in [0.3, 0.4) is 0 Å². The molecule has 118 valence electrons. The number of aryl methyl sites for hydroxylation is 1. The van der Waals surface area contributed by atoms with Gasteiger partial charge in [0.1, 0.15) is 5.25 Å². The van der Waals surface area contributed by atoms with Crippen LogP contribution in [0.1, 0.15) is 28.5 Å². The predicted octanol–water partition coefficient (Wildman–Crippen LogP) is 2.96. The number of likely N-dealkylation sites (tertiary alicyclic amines) is 1. The molecule has 0 saturated carbocycles. The maximum absolute atomic E-state index is 12.9. The van der Waals surface area contributed by atoms with E-state index in [4.69, 9.17) is 0 Å². The van der Waals surface area contributed by atoms with Crippen molar-refractivity contribution in [2.45, 2.75) is 24.5 Å². The van der Waals surface area contributed by atoms with Crippen LogP contribution < -0.4 is 5.32 Å². The lowest BCUT2D eigenvalue weighted by atomic mass is 9.97. The fraction of sp³-hybridized carbons (Fsp3) is 0.667. The van der Waals surface area contributed by atoms with Crippen molar-refractivity contribution >= 4 is 41.4 Å². The molecule has 0 spiro atoms. The zero-order valence-corrected chi connectivity index (χ0v) is 14.8.